The minimum atomic E-state index is 0.449. The Morgan fingerprint density at radius 3 is 2.35 bits per heavy atom. The minimum absolute atomic E-state index is 0.449. The SMILES string of the molecule is C=C1CC(C)(CC)C(C)N1CCCCCCCCNC. The summed E-state index contributed by atoms with van der Waals surface area (Å²) >= 11 is 0. The van der Waals surface area contributed by atoms with Gasteiger partial charge in [0, 0.05) is 18.3 Å². The van der Waals surface area contributed by atoms with Crippen molar-refractivity contribution < 1.29 is 0 Å². The molecule has 0 aromatic heterocycles. The van der Waals surface area contributed by atoms with Crippen LogP contribution in [0.25, 0.3) is 0 Å². The molecule has 0 radical (unpaired) electrons. The summed E-state index contributed by atoms with van der Waals surface area (Å²) in [6.45, 7) is 13.8. The maximum atomic E-state index is 4.30. The number of allylic oxidation sites excluding steroid dienone is 1. The van der Waals surface area contributed by atoms with Gasteiger partial charge in [0.2, 0.25) is 0 Å². The number of nitrogens with zero attached hydrogens (tertiary/aromatic N) is 1. The van der Waals surface area contributed by atoms with Crippen LogP contribution >= 0.6 is 0 Å². The Kier molecular flexibility index (Phi) is 7.65. The molecule has 1 aliphatic heterocycles. The summed E-state index contributed by atoms with van der Waals surface area (Å²) in [7, 11) is 2.04. The first-order valence-corrected chi connectivity index (χ1v) is 8.64. The second kappa shape index (κ2) is 8.71. The summed E-state index contributed by atoms with van der Waals surface area (Å²) in [5, 5.41) is 3.21. The smallest absolute Gasteiger partial charge is 0.0315 e. The van der Waals surface area contributed by atoms with Gasteiger partial charge in [-0.1, -0.05) is 46.1 Å². The van der Waals surface area contributed by atoms with Crippen molar-refractivity contribution in [3.63, 3.8) is 0 Å². The summed E-state index contributed by atoms with van der Waals surface area (Å²) in [5.41, 5.74) is 1.82. The zero-order valence-electron chi connectivity index (χ0n) is 14.3. The van der Waals surface area contributed by atoms with Gasteiger partial charge in [0.05, 0.1) is 0 Å². The molecule has 118 valence electrons. The van der Waals surface area contributed by atoms with E-state index in [0.717, 1.165) is 0 Å². The summed E-state index contributed by atoms with van der Waals surface area (Å²) < 4.78 is 0. The second-order valence-electron chi connectivity index (χ2n) is 6.84. The number of nitrogens with one attached hydrogen (secondary N) is 1. The highest BCUT2D eigenvalue weighted by Gasteiger charge is 2.40. The third-order valence-corrected chi connectivity index (χ3v) is 5.37. The molecule has 0 aromatic carbocycles. The molecular formula is C18H36N2. The van der Waals surface area contributed by atoms with Crippen molar-refractivity contribution >= 4 is 0 Å². The Bertz CT molecular complexity index is 287. The fourth-order valence-corrected chi connectivity index (χ4v) is 3.43. The fraction of sp³-hybridized carbons (Fsp3) is 0.889. The van der Waals surface area contributed by atoms with Crippen molar-refractivity contribution in [2.24, 2.45) is 5.41 Å². The van der Waals surface area contributed by atoms with Crippen LogP contribution in [-0.2, 0) is 0 Å². The molecule has 2 heteroatoms. The highest BCUT2D eigenvalue weighted by molar-refractivity contribution is 5.11. The first-order valence-electron chi connectivity index (χ1n) is 8.64. The zero-order valence-corrected chi connectivity index (χ0v) is 14.3. The predicted octanol–water partition coefficient (Wildman–Crippen LogP) is 4.57. The van der Waals surface area contributed by atoms with Gasteiger partial charge in [-0.15, -0.1) is 0 Å². The van der Waals surface area contributed by atoms with Gasteiger partial charge >= 0.3 is 0 Å². The summed E-state index contributed by atoms with van der Waals surface area (Å²) in [6, 6.07) is 0.663. The molecule has 2 atom stereocenters. The van der Waals surface area contributed by atoms with Crippen LogP contribution in [0.1, 0.15) is 72.1 Å². The number of hydrogen-bond donors (Lipinski definition) is 1. The largest absolute Gasteiger partial charge is 0.372 e. The fourth-order valence-electron chi connectivity index (χ4n) is 3.43. The molecule has 0 amide bonds. The summed E-state index contributed by atoms with van der Waals surface area (Å²) in [6.07, 6.45) is 10.6. The van der Waals surface area contributed by atoms with Gasteiger partial charge in [-0.05, 0) is 51.6 Å². The van der Waals surface area contributed by atoms with E-state index in [-0.39, 0.29) is 0 Å². The van der Waals surface area contributed by atoms with Gasteiger partial charge in [-0.3, -0.25) is 0 Å². The van der Waals surface area contributed by atoms with Crippen molar-refractivity contribution in [1.82, 2.24) is 10.2 Å². The molecule has 0 aromatic rings. The van der Waals surface area contributed by atoms with E-state index in [1.54, 1.807) is 0 Å². The summed E-state index contributed by atoms with van der Waals surface area (Å²) in [5.74, 6) is 0. The first-order chi connectivity index (χ1) is 9.55. The first kappa shape index (κ1) is 17.6. The second-order valence-corrected chi connectivity index (χ2v) is 6.84. The topological polar surface area (TPSA) is 15.3 Å². The molecule has 1 heterocycles. The quantitative estimate of drug-likeness (QED) is 0.590. The molecular weight excluding hydrogens is 244 g/mol. The van der Waals surface area contributed by atoms with Gasteiger partial charge in [-0.25, -0.2) is 0 Å². The maximum absolute atomic E-state index is 4.30. The Hall–Kier alpha value is -0.500. The Morgan fingerprint density at radius 1 is 1.20 bits per heavy atom. The van der Waals surface area contributed by atoms with Crippen molar-refractivity contribution in [2.45, 2.75) is 78.2 Å². The van der Waals surface area contributed by atoms with E-state index in [1.165, 1.54) is 70.2 Å². The van der Waals surface area contributed by atoms with Crippen LogP contribution in [0.15, 0.2) is 12.3 Å². The van der Waals surface area contributed by atoms with E-state index in [1.807, 2.05) is 7.05 Å². The maximum Gasteiger partial charge on any atom is 0.0315 e. The molecule has 2 unspecified atom stereocenters. The molecule has 1 aliphatic rings. The lowest BCUT2D eigenvalue weighted by atomic mass is 9.80. The molecule has 0 aliphatic carbocycles. The van der Waals surface area contributed by atoms with E-state index in [0.29, 0.717) is 11.5 Å². The Balaban J connectivity index is 2.14. The van der Waals surface area contributed by atoms with Crippen LogP contribution in [0.2, 0.25) is 0 Å². The third kappa shape index (κ3) is 4.80. The van der Waals surface area contributed by atoms with E-state index in [9.17, 15) is 0 Å². The molecule has 1 saturated heterocycles. The monoisotopic (exact) mass is 280 g/mol. The molecule has 0 spiro atoms. The van der Waals surface area contributed by atoms with Crippen LogP contribution in [-0.4, -0.2) is 31.1 Å². The summed E-state index contributed by atoms with van der Waals surface area (Å²) in [4.78, 5) is 2.57. The molecule has 0 saturated carbocycles. The van der Waals surface area contributed by atoms with E-state index < -0.39 is 0 Å². The van der Waals surface area contributed by atoms with Crippen LogP contribution in [0.3, 0.4) is 0 Å². The van der Waals surface area contributed by atoms with Crippen molar-refractivity contribution in [3.8, 4) is 0 Å². The highest BCUT2D eigenvalue weighted by Crippen LogP contribution is 2.44. The highest BCUT2D eigenvalue weighted by atomic mass is 15.2. The lowest BCUT2D eigenvalue weighted by Gasteiger charge is -2.32. The van der Waals surface area contributed by atoms with Crippen molar-refractivity contribution in [1.29, 1.82) is 0 Å². The average molecular weight is 280 g/mol. The van der Waals surface area contributed by atoms with Gasteiger partial charge in [0.25, 0.3) is 0 Å². The van der Waals surface area contributed by atoms with Gasteiger partial charge in [-0.2, -0.15) is 0 Å². The molecule has 1 N–H and O–H groups in total. The van der Waals surface area contributed by atoms with Gasteiger partial charge in [0.1, 0.15) is 0 Å². The molecule has 20 heavy (non-hydrogen) atoms. The normalized spacial score (nSPS) is 26.5. The predicted molar refractivity (Wildman–Crippen MR) is 90.0 cm³/mol. The van der Waals surface area contributed by atoms with Crippen LogP contribution in [0.5, 0.6) is 0 Å². The number of rotatable bonds is 10. The molecule has 0 bridgehead atoms. The molecule has 1 fully saturated rings. The van der Waals surface area contributed by atoms with E-state index >= 15 is 0 Å². The van der Waals surface area contributed by atoms with Crippen molar-refractivity contribution in [2.75, 3.05) is 20.1 Å². The lowest BCUT2D eigenvalue weighted by molar-refractivity contribution is 0.186. The van der Waals surface area contributed by atoms with E-state index in [4.69, 9.17) is 0 Å². The standard InChI is InChI=1S/C18H36N2/c1-6-18(4)15-16(2)20(17(18)3)14-12-10-8-7-9-11-13-19-5/h17,19H,2,6-15H2,1,3-5H3. The minimum Gasteiger partial charge on any atom is -0.372 e. The Labute approximate surface area is 127 Å². The number of hydrogen-bond acceptors (Lipinski definition) is 2. The van der Waals surface area contributed by atoms with Gasteiger partial charge in [0.15, 0.2) is 0 Å². The van der Waals surface area contributed by atoms with E-state index in [2.05, 4.69) is 37.6 Å². The Morgan fingerprint density at radius 2 is 1.80 bits per heavy atom. The van der Waals surface area contributed by atoms with Gasteiger partial charge < -0.3 is 10.2 Å². The van der Waals surface area contributed by atoms with Crippen LogP contribution in [0, 0.1) is 5.41 Å². The van der Waals surface area contributed by atoms with Crippen molar-refractivity contribution in [3.05, 3.63) is 12.3 Å². The van der Waals surface area contributed by atoms with Crippen LogP contribution in [0.4, 0.5) is 0 Å². The molecule has 1 rings (SSSR count). The van der Waals surface area contributed by atoms with Crippen LogP contribution < -0.4 is 5.32 Å². The molecule has 2 nitrogen and oxygen atoms in total. The number of unbranched alkanes of at least 4 members (excludes halogenated alkanes) is 5. The lowest BCUT2D eigenvalue weighted by Crippen LogP contribution is -2.35. The number of likely N-dealkylation sites (tertiary alicyclic amines) is 1. The average Bonchev–Trinajstić information content (AvgIpc) is 2.65. The zero-order chi connectivity index (χ0) is 15.0. The third-order valence-electron chi connectivity index (χ3n) is 5.37.